The van der Waals surface area contributed by atoms with Crippen LogP contribution < -0.4 is 10.1 Å². The zero-order chi connectivity index (χ0) is 23.1. The summed E-state index contributed by atoms with van der Waals surface area (Å²) in [6, 6.07) is 15.4. The van der Waals surface area contributed by atoms with Crippen LogP contribution in [0, 0.1) is 0 Å². The molecular weight excluding hydrogens is 430 g/mol. The van der Waals surface area contributed by atoms with Crippen molar-refractivity contribution < 1.29 is 14.3 Å². The van der Waals surface area contributed by atoms with Gasteiger partial charge in [-0.05, 0) is 49.6 Å². The number of fused-ring (bicyclic) bond motifs is 2. The van der Waals surface area contributed by atoms with Gasteiger partial charge in [0.05, 0.1) is 23.4 Å². The second-order valence-corrected chi connectivity index (χ2v) is 8.51. The molecule has 0 radical (unpaired) electrons. The lowest BCUT2D eigenvalue weighted by Gasteiger charge is -2.07. The molecule has 0 aliphatic carbocycles. The Labute approximate surface area is 195 Å². The number of nitrogens with zero attached hydrogens (tertiary/aromatic N) is 4. The van der Waals surface area contributed by atoms with Crippen molar-refractivity contribution in [2.45, 2.75) is 32.4 Å². The van der Waals surface area contributed by atoms with Crippen LogP contribution in [0.3, 0.4) is 0 Å². The van der Waals surface area contributed by atoms with E-state index in [1.807, 2.05) is 64.0 Å². The number of ether oxygens (including phenoxy) is 1. The van der Waals surface area contributed by atoms with E-state index in [9.17, 15) is 9.59 Å². The Kier molecular flexibility index (Phi) is 4.98. The van der Waals surface area contributed by atoms with E-state index >= 15 is 0 Å². The highest BCUT2D eigenvalue weighted by Gasteiger charge is 2.36. The molecular formula is C26H23N5O3. The zero-order valence-electron chi connectivity index (χ0n) is 18.5. The topological polar surface area (TPSA) is 91.0 Å². The van der Waals surface area contributed by atoms with Crippen LogP contribution in [-0.2, 0) is 29.1 Å². The van der Waals surface area contributed by atoms with Gasteiger partial charge in [0.2, 0.25) is 0 Å². The van der Waals surface area contributed by atoms with E-state index in [-0.39, 0.29) is 0 Å². The van der Waals surface area contributed by atoms with Crippen LogP contribution in [0.4, 0.5) is 0 Å². The first-order valence-electron chi connectivity index (χ1n) is 11.5. The lowest BCUT2D eigenvalue weighted by atomic mass is 9.99. The second kappa shape index (κ2) is 8.30. The first kappa shape index (κ1) is 20.4. The molecule has 0 unspecified atom stereocenters. The Morgan fingerprint density at radius 2 is 1.88 bits per heavy atom. The first-order valence-corrected chi connectivity index (χ1v) is 11.5. The highest BCUT2D eigenvalue weighted by molar-refractivity contribution is 6.49. The average Bonchev–Trinajstić information content (AvgIpc) is 3.59. The van der Waals surface area contributed by atoms with E-state index in [0.29, 0.717) is 35.6 Å². The molecule has 8 heteroatoms. The Hall–Kier alpha value is -4.20. The molecule has 0 atom stereocenters. The van der Waals surface area contributed by atoms with E-state index in [2.05, 4.69) is 15.4 Å². The molecule has 0 saturated carbocycles. The van der Waals surface area contributed by atoms with Crippen LogP contribution in [0.2, 0.25) is 0 Å². The third-order valence-electron chi connectivity index (χ3n) is 6.31. The molecule has 5 heterocycles. The van der Waals surface area contributed by atoms with Gasteiger partial charge in [-0.2, -0.15) is 5.10 Å². The van der Waals surface area contributed by atoms with E-state index in [1.54, 1.807) is 6.20 Å². The number of para-hydroxylation sites is 1. The van der Waals surface area contributed by atoms with E-state index in [1.165, 1.54) is 0 Å². The highest BCUT2D eigenvalue weighted by atomic mass is 16.5. The van der Waals surface area contributed by atoms with Gasteiger partial charge < -0.3 is 9.30 Å². The quantitative estimate of drug-likeness (QED) is 0.343. The van der Waals surface area contributed by atoms with Crippen LogP contribution in [0.1, 0.15) is 29.8 Å². The van der Waals surface area contributed by atoms with Crippen molar-refractivity contribution in [1.82, 2.24) is 24.6 Å². The minimum atomic E-state index is -0.405. The molecule has 0 saturated heterocycles. The number of rotatable bonds is 7. The smallest absolute Gasteiger partial charge is 0.261 e. The average molecular weight is 454 g/mol. The van der Waals surface area contributed by atoms with Gasteiger partial charge in [0, 0.05) is 42.1 Å². The number of hydrogen-bond donors (Lipinski definition) is 1. The third kappa shape index (κ3) is 3.48. The lowest BCUT2D eigenvalue weighted by Crippen LogP contribution is -2.22. The summed E-state index contributed by atoms with van der Waals surface area (Å²) in [4.78, 5) is 30.3. The summed E-state index contributed by atoms with van der Waals surface area (Å²) in [6.07, 6.45) is 6.39. The number of amides is 2. The van der Waals surface area contributed by atoms with Crippen molar-refractivity contribution in [3.8, 4) is 5.75 Å². The van der Waals surface area contributed by atoms with Crippen molar-refractivity contribution in [2.75, 3.05) is 6.61 Å². The van der Waals surface area contributed by atoms with Crippen molar-refractivity contribution in [3.05, 3.63) is 77.9 Å². The van der Waals surface area contributed by atoms with Crippen LogP contribution in [0.5, 0.6) is 5.75 Å². The summed E-state index contributed by atoms with van der Waals surface area (Å²) in [7, 11) is 0. The monoisotopic (exact) mass is 453 g/mol. The van der Waals surface area contributed by atoms with E-state index < -0.39 is 11.8 Å². The summed E-state index contributed by atoms with van der Waals surface area (Å²) in [6.45, 7) is 2.05. The Balaban J connectivity index is 1.35. The Morgan fingerprint density at radius 3 is 2.74 bits per heavy atom. The van der Waals surface area contributed by atoms with Gasteiger partial charge >= 0.3 is 0 Å². The molecule has 1 N–H and O–H groups in total. The molecule has 2 amide bonds. The van der Waals surface area contributed by atoms with Crippen LogP contribution in [-0.4, -0.2) is 37.8 Å². The predicted molar refractivity (Wildman–Crippen MR) is 127 cm³/mol. The standard InChI is InChI=1S/C26H23N5O3/c32-25-22(23(26(33)28-25)21-15-17-7-5-13-31(17)29-21)20-16-30(24-19(20)10-4-11-27-24)12-6-14-34-18-8-2-1-3-9-18/h1-4,8-11,15-16H,5-7,12-14H2,(H,28,32,33). The number of benzene rings is 1. The summed E-state index contributed by atoms with van der Waals surface area (Å²) in [5.41, 5.74) is 3.80. The van der Waals surface area contributed by atoms with Gasteiger partial charge in [-0.15, -0.1) is 0 Å². The van der Waals surface area contributed by atoms with Gasteiger partial charge in [-0.25, -0.2) is 4.98 Å². The molecule has 6 rings (SSSR count). The molecule has 3 aromatic heterocycles. The molecule has 2 aliphatic rings. The number of aryl methyl sites for hydroxylation is 3. The predicted octanol–water partition coefficient (Wildman–Crippen LogP) is 3.22. The van der Waals surface area contributed by atoms with Gasteiger partial charge in [0.25, 0.3) is 11.8 Å². The summed E-state index contributed by atoms with van der Waals surface area (Å²) < 4.78 is 9.76. The Morgan fingerprint density at radius 1 is 1.03 bits per heavy atom. The molecule has 34 heavy (non-hydrogen) atoms. The number of imide groups is 1. The number of carbonyl (C=O) groups is 2. The molecule has 8 nitrogen and oxygen atoms in total. The fourth-order valence-corrected chi connectivity index (χ4v) is 4.77. The molecule has 170 valence electrons. The molecule has 0 bridgehead atoms. The number of nitrogens with one attached hydrogen (secondary N) is 1. The van der Waals surface area contributed by atoms with Crippen molar-refractivity contribution in [1.29, 1.82) is 0 Å². The molecule has 1 aromatic carbocycles. The fraction of sp³-hybridized carbons (Fsp3) is 0.231. The van der Waals surface area contributed by atoms with E-state index in [4.69, 9.17) is 4.74 Å². The highest BCUT2D eigenvalue weighted by Crippen LogP contribution is 2.36. The number of aromatic nitrogens is 4. The van der Waals surface area contributed by atoms with Crippen LogP contribution in [0.15, 0.2) is 60.9 Å². The van der Waals surface area contributed by atoms with E-state index in [0.717, 1.165) is 48.3 Å². The summed E-state index contributed by atoms with van der Waals surface area (Å²) in [5, 5.41) is 7.92. The van der Waals surface area contributed by atoms with Gasteiger partial charge in [-0.1, -0.05) is 18.2 Å². The van der Waals surface area contributed by atoms with Crippen LogP contribution in [0.25, 0.3) is 22.2 Å². The minimum Gasteiger partial charge on any atom is -0.494 e. The van der Waals surface area contributed by atoms with Crippen molar-refractivity contribution in [2.24, 2.45) is 0 Å². The molecule has 4 aromatic rings. The largest absolute Gasteiger partial charge is 0.494 e. The third-order valence-corrected chi connectivity index (χ3v) is 6.31. The molecule has 0 spiro atoms. The minimum absolute atomic E-state index is 0.335. The number of pyridine rings is 1. The Bertz CT molecular complexity index is 1430. The van der Waals surface area contributed by atoms with Gasteiger partial charge in [-0.3, -0.25) is 19.6 Å². The molecule has 0 fully saturated rings. The molecule has 2 aliphatic heterocycles. The summed E-state index contributed by atoms with van der Waals surface area (Å²) in [5.74, 6) is 0.0304. The van der Waals surface area contributed by atoms with Gasteiger partial charge in [0.1, 0.15) is 11.4 Å². The maximum absolute atomic E-state index is 12.9. The van der Waals surface area contributed by atoms with Gasteiger partial charge in [0.15, 0.2) is 0 Å². The number of hydrogen-bond acceptors (Lipinski definition) is 5. The SMILES string of the molecule is O=C1NC(=O)C(c2cn(CCCOc3ccccc3)c3ncccc23)=C1c1cc2n(n1)CCC2. The van der Waals surface area contributed by atoms with Crippen LogP contribution >= 0.6 is 0 Å². The first-order chi connectivity index (χ1) is 16.7. The van der Waals surface area contributed by atoms with Crippen molar-refractivity contribution in [3.63, 3.8) is 0 Å². The zero-order valence-corrected chi connectivity index (χ0v) is 18.5. The number of carbonyl (C=O) groups excluding carboxylic acids is 2. The van der Waals surface area contributed by atoms with Crippen molar-refractivity contribution >= 4 is 34.0 Å². The normalized spacial score (nSPS) is 15.3. The maximum Gasteiger partial charge on any atom is 0.261 e. The summed E-state index contributed by atoms with van der Waals surface area (Å²) >= 11 is 0. The second-order valence-electron chi connectivity index (χ2n) is 8.51. The fourth-order valence-electron chi connectivity index (χ4n) is 4.77. The maximum atomic E-state index is 12.9. The lowest BCUT2D eigenvalue weighted by molar-refractivity contribution is -0.122.